The summed E-state index contributed by atoms with van der Waals surface area (Å²) in [4.78, 5) is 23.9. The minimum absolute atomic E-state index is 0.00254. The number of ether oxygens (including phenoxy) is 4. The number of aromatic hydroxyl groups is 2. The van der Waals surface area contributed by atoms with Crippen molar-refractivity contribution in [1.82, 2.24) is 24.8 Å². The number of aliphatic hydroxyl groups is 2. The highest BCUT2D eigenvalue weighted by Gasteiger charge is 2.45. The van der Waals surface area contributed by atoms with Gasteiger partial charge in [-0.15, -0.1) is 0 Å². The molecule has 1 saturated carbocycles. The summed E-state index contributed by atoms with van der Waals surface area (Å²) in [5.41, 5.74) is 6.21. The van der Waals surface area contributed by atoms with E-state index in [4.69, 9.17) is 24.7 Å². The van der Waals surface area contributed by atoms with Crippen molar-refractivity contribution < 1.29 is 57.3 Å². The molecule has 2 aliphatic rings. The highest BCUT2D eigenvalue weighted by molar-refractivity contribution is 6.02. The Labute approximate surface area is 373 Å². The first-order valence-corrected chi connectivity index (χ1v) is 21.5. The van der Waals surface area contributed by atoms with Gasteiger partial charge in [0.15, 0.2) is 11.5 Å². The Morgan fingerprint density at radius 1 is 1.02 bits per heavy atom. The van der Waals surface area contributed by atoms with Gasteiger partial charge in [0.25, 0.3) is 0 Å². The number of carbonyl (C=O) groups is 1. The van der Waals surface area contributed by atoms with E-state index >= 15 is 0 Å². The lowest BCUT2D eigenvalue weighted by molar-refractivity contribution is -0.137. The van der Waals surface area contributed by atoms with E-state index in [2.05, 4.69) is 25.9 Å². The number of nitrogens with zero attached hydrogens (tertiary/aromatic N) is 4. The molecule has 65 heavy (non-hydrogen) atoms. The Kier molecular flexibility index (Phi) is 14.3. The van der Waals surface area contributed by atoms with Crippen molar-refractivity contribution in [3.05, 3.63) is 65.5 Å². The molecular formula is C45H57F3N8O9. The van der Waals surface area contributed by atoms with Crippen molar-refractivity contribution >= 4 is 44.8 Å². The van der Waals surface area contributed by atoms with Gasteiger partial charge in [-0.25, -0.2) is 9.97 Å². The predicted octanol–water partition coefficient (Wildman–Crippen LogP) is 5.80. The molecular weight excluding hydrogens is 854 g/mol. The van der Waals surface area contributed by atoms with E-state index in [0.29, 0.717) is 102 Å². The van der Waals surface area contributed by atoms with E-state index < -0.39 is 36.3 Å². The number of aliphatic hydroxyl groups excluding tert-OH is 2. The molecule has 4 atom stereocenters. The van der Waals surface area contributed by atoms with Crippen LogP contribution in [0.15, 0.2) is 48.5 Å². The van der Waals surface area contributed by atoms with Crippen LogP contribution in [0.25, 0.3) is 21.7 Å². The van der Waals surface area contributed by atoms with Crippen LogP contribution < -0.4 is 31.2 Å². The number of nitrogens with one attached hydrogen (secondary N) is 3. The first-order chi connectivity index (χ1) is 31.0. The summed E-state index contributed by atoms with van der Waals surface area (Å²) in [6, 6.07) is 10.9. The number of nitrogens with two attached hydrogens (primary N) is 1. The molecule has 1 aliphatic heterocycles. The summed E-state index contributed by atoms with van der Waals surface area (Å²) in [7, 11) is 3.28. The number of amides is 1. The fourth-order valence-corrected chi connectivity index (χ4v) is 8.23. The smallest absolute Gasteiger partial charge is 0.416 e. The summed E-state index contributed by atoms with van der Waals surface area (Å²) >= 11 is 0. The zero-order valence-electron chi connectivity index (χ0n) is 36.7. The number of benzene rings is 3. The van der Waals surface area contributed by atoms with Crippen LogP contribution in [0, 0.1) is 12.3 Å². The van der Waals surface area contributed by atoms with Crippen LogP contribution in [0.3, 0.4) is 0 Å². The van der Waals surface area contributed by atoms with Gasteiger partial charge >= 0.3 is 6.18 Å². The van der Waals surface area contributed by atoms with E-state index in [1.165, 1.54) is 17.7 Å². The molecule has 0 radical (unpaired) electrons. The number of aryl methyl sites for hydroxylation is 1. The third kappa shape index (κ3) is 11.0. The van der Waals surface area contributed by atoms with Gasteiger partial charge in [-0.2, -0.15) is 13.2 Å². The standard InChI is InChI=1S/C45H57F3N8O9/c1-25(27-18-28(45(46,47)48)20-29(49)19-27)51-40-31-21-36(35(62-4)22-33(31)52-26(2)53-40)65-24-44(11-12-44)23-55(3)38(58)10-14-63-16-17-64-15-13-50-32-7-5-6-30-39(32)43(61)56(42(30)60)34-8-9-37(57)54-41(34)59/h5-7,18-22,25,34,37,41,50,54,57,59-61H,8-17,23-24,49H2,1-4H3,(H,51,52,53)/t25-,34?,37?,41?/m1/s1. The van der Waals surface area contributed by atoms with Gasteiger partial charge in [-0.05, 0) is 81.5 Å². The Hall–Kier alpha value is -5.80. The molecule has 3 aromatic carbocycles. The Morgan fingerprint density at radius 2 is 1.77 bits per heavy atom. The van der Waals surface area contributed by atoms with Crippen molar-refractivity contribution in [3.63, 3.8) is 0 Å². The average molecular weight is 911 g/mol. The number of piperidine rings is 1. The predicted molar refractivity (Wildman–Crippen MR) is 237 cm³/mol. The van der Waals surface area contributed by atoms with Crippen molar-refractivity contribution in [2.75, 3.05) is 76.6 Å². The SMILES string of the molecule is COc1cc2nc(C)nc(N[C@H](C)c3cc(N)cc(C(F)(F)F)c3)c2cc1OCC1(CN(C)C(=O)CCOCCOCCNc2cccc3c(O)n(C4CCC(O)NC4O)c(O)c23)CC1. The van der Waals surface area contributed by atoms with Crippen molar-refractivity contribution in [3.8, 4) is 23.3 Å². The first-order valence-electron chi connectivity index (χ1n) is 21.5. The second-order valence-corrected chi connectivity index (χ2v) is 16.8. The van der Waals surface area contributed by atoms with Gasteiger partial charge < -0.3 is 60.6 Å². The maximum Gasteiger partial charge on any atom is 0.416 e. The molecule has 9 N–H and O–H groups in total. The number of carbonyl (C=O) groups excluding carboxylic acids is 1. The lowest BCUT2D eigenvalue weighted by Gasteiger charge is -2.33. The first kappa shape index (κ1) is 47.2. The number of hydrogen-bond donors (Lipinski definition) is 8. The van der Waals surface area contributed by atoms with E-state index in [1.54, 1.807) is 56.1 Å². The van der Waals surface area contributed by atoms with E-state index in [9.17, 15) is 38.4 Å². The highest BCUT2D eigenvalue weighted by atomic mass is 19.4. The summed E-state index contributed by atoms with van der Waals surface area (Å²) in [5.74, 6) is 1.27. The third-order valence-electron chi connectivity index (χ3n) is 11.9. The number of rotatable bonds is 20. The number of anilines is 3. The molecule has 1 amide bonds. The van der Waals surface area contributed by atoms with Crippen LogP contribution >= 0.6 is 0 Å². The average Bonchev–Trinajstić information content (AvgIpc) is 3.98. The van der Waals surface area contributed by atoms with Crippen molar-refractivity contribution in [2.45, 2.75) is 76.7 Å². The summed E-state index contributed by atoms with van der Waals surface area (Å²) in [5, 5.41) is 52.8. The molecule has 2 fully saturated rings. The minimum Gasteiger partial charge on any atom is -0.494 e. The van der Waals surface area contributed by atoms with Crippen molar-refractivity contribution in [1.29, 1.82) is 0 Å². The summed E-state index contributed by atoms with van der Waals surface area (Å²) < 4.78 is 65.3. The van der Waals surface area contributed by atoms with Crippen LogP contribution in [0.2, 0.25) is 0 Å². The topological polar surface area (TPSA) is 231 Å². The van der Waals surface area contributed by atoms with Crippen molar-refractivity contribution in [2.24, 2.45) is 5.41 Å². The molecule has 352 valence electrons. The molecule has 0 spiro atoms. The lowest BCUT2D eigenvalue weighted by Crippen LogP contribution is -2.47. The zero-order chi connectivity index (χ0) is 46.6. The fourth-order valence-electron chi connectivity index (χ4n) is 8.23. The van der Waals surface area contributed by atoms with E-state index in [-0.39, 0.29) is 48.4 Å². The molecule has 20 heteroatoms. The molecule has 3 unspecified atom stereocenters. The molecule has 0 bridgehead atoms. The number of aromatic nitrogens is 3. The number of alkyl halides is 3. The quantitative estimate of drug-likeness (QED) is 0.0341. The van der Waals surface area contributed by atoms with Gasteiger partial charge in [-0.1, -0.05) is 6.07 Å². The second kappa shape index (κ2) is 19.7. The Bertz CT molecular complexity index is 2480. The Morgan fingerprint density at radius 3 is 2.48 bits per heavy atom. The number of nitrogen functional groups attached to an aromatic ring is 1. The molecule has 3 heterocycles. The van der Waals surface area contributed by atoms with Gasteiger partial charge in [0.1, 0.15) is 24.1 Å². The van der Waals surface area contributed by atoms with Gasteiger partial charge in [0.2, 0.25) is 17.7 Å². The number of methoxy groups -OCH3 is 1. The number of fused-ring (bicyclic) bond motifs is 2. The largest absolute Gasteiger partial charge is 0.494 e. The maximum atomic E-state index is 13.6. The Balaban J connectivity index is 0.851. The summed E-state index contributed by atoms with van der Waals surface area (Å²) in [6.45, 7) is 5.72. The van der Waals surface area contributed by atoms with Crippen LogP contribution in [-0.4, -0.2) is 119 Å². The molecule has 1 aliphatic carbocycles. The van der Waals surface area contributed by atoms with Crippen LogP contribution in [0.5, 0.6) is 23.3 Å². The normalized spacial score (nSPS) is 18.7. The van der Waals surface area contributed by atoms with Crippen LogP contribution in [0.4, 0.5) is 30.4 Å². The molecule has 5 aromatic rings. The molecule has 17 nitrogen and oxygen atoms in total. The van der Waals surface area contributed by atoms with Gasteiger partial charge in [-0.3, -0.25) is 14.7 Å². The number of halogens is 3. The maximum absolute atomic E-state index is 13.6. The monoisotopic (exact) mass is 910 g/mol. The lowest BCUT2D eigenvalue weighted by atomic mass is 10.0. The second-order valence-electron chi connectivity index (χ2n) is 16.8. The fraction of sp³-hybridized carbons (Fsp3) is 0.489. The van der Waals surface area contributed by atoms with E-state index in [1.807, 2.05) is 0 Å². The molecule has 1 saturated heterocycles. The molecule has 2 aromatic heterocycles. The van der Waals surface area contributed by atoms with E-state index in [0.717, 1.165) is 25.0 Å². The minimum atomic E-state index is -4.55. The van der Waals surface area contributed by atoms with Gasteiger partial charge in [0.05, 0.1) is 75.1 Å². The molecule has 7 rings (SSSR count). The van der Waals surface area contributed by atoms with Gasteiger partial charge in [0, 0.05) is 53.8 Å². The van der Waals surface area contributed by atoms with Crippen LogP contribution in [0.1, 0.15) is 68.1 Å². The third-order valence-corrected chi connectivity index (χ3v) is 11.9. The summed E-state index contributed by atoms with van der Waals surface area (Å²) in [6.07, 6.45) is -3.99. The number of hydrogen-bond acceptors (Lipinski definition) is 15. The highest BCUT2D eigenvalue weighted by Crippen LogP contribution is 2.48. The zero-order valence-corrected chi connectivity index (χ0v) is 36.7. The van der Waals surface area contributed by atoms with Crippen LogP contribution in [-0.2, 0) is 20.4 Å².